The zero-order chi connectivity index (χ0) is 17.7. The van der Waals surface area contributed by atoms with Gasteiger partial charge in [0.2, 0.25) is 15.9 Å². The number of rotatable bonds is 6. The van der Waals surface area contributed by atoms with Crippen LogP contribution in [0.2, 0.25) is 0 Å². The van der Waals surface area contributed by atoms with Crippen molar-refractivity contribution >= 4 is 21.6 Å². The number of nitrogens with one attached hydrogen (secondary N) is 1. The van der Waals surface area contributed by atoms with E-state index in [-0.39, 0.29) is 22.5 Å². The molecule has 24 heavy (non-hydrogen) atoms. The fourth-order valence-corrected chi connectivity index (χ4v) is 3.92. The summed E-state index contributed by atoms with van der Waals surface area (Å²) in [6, 6.07) is 4.64. The predicted molar refractivity (Wildman–Crippen MR) is 90.7 cm³/mol. The number of amides is 1. The molecule has 1 aromatic carbocycles. The van der Waals surface area contributed by atoms with Gasteiger partial charge in [-0.3, -0.25) is 4.79 Å². The highest BCUT2D eigenvalue weighted by Gasteiger charge is 2.29. The van der Waals surface area contributed by atoms with Gasteiger partial charge in [0.25, 0.3) is 0 Å². The largest absolute Gasteiger partial charge is 0.495 e. The minimum absolute atomic E-state index is 0.0499. The number of ether oxygens (including phenoxy) is 2. The molecule has 1 aromatic rings. The fourth-order valence-electron chi connectivity index (χ4n) is 2.33. The van der Waals surface area contributed by atoms with Crippen LogP contribution in [-0.4, -0.2) is 52.0 Å². The van der Waals surface area contributed by atoms with Gasteiger partial charge in [0.1, 0.15) is 10.6 Å². The molecule has 8 heteroatoms. The Morgan fingerprint density at radius 3 is 2.62 bits per heavy atom. The van der Waals surface area contributed by atoms with Crippen LogP contribution >= 0.6 is 0 Å². The number of hydrogen-bond acceptors (Lipinski definition) is 5. The van der Waals surface area contributed by atoms with Crippen molar-refractivity contribution in [3.8, 4) is 5.75 Å². The Hall–Kier alpha value is -1.64. The summed E-state index contributed by atoms with van der Waals surface area (Å²) in [6.07, 6.45) is 0.709. The number of hydrogen-bond donors (Lipinski definition) is 1. The molecule has 0 aromatic heterocycles. The van der Waals surface area contributed by atoms with Gasteiger partial charge in [-0.2, -0.15) is 4.31 Å². The molecule has 1 heterocycles. The second-order valence-electron chi connectivity index (χ2n) is 5.68. The molecule has 0 saturated carbocycles. The minimum Gasteiger partial charge on any atom is -0.495 e. The maximum Gasteiger partial charge on any atom is 0.246 e. The van der Waals surface area contributed by atoms with Gasteiger partial charge in [0.15, 0.2) is 0 Å². The number of benzene rings is 1. The topological polar surface area (TPSA) is 84.9 Å². The minimum atomic E-state index is -3.71. The molecule has 0 unspecified atom stereocenters. The molecule has 0 aliphatic carbocycles. The molecule has 1 aliphatic rings. The first-order valence-corrected chi connectivity index (χ1v) is 9.41. The molecule has 1 N–H and O–H groups in total. The lowest BCUT2D eigenvalue weighted by Gasteiger charge is -2.27. The average molecular weight is 356 g/mol. The van der Waals surface area contributed by atoms with Gasteiger partial charge in [0, 0.05) is 24.7 Å². The van der Waals surface area contributed by atoms with E-state index in [1.54, 1.807) is 12.1 Å². The second-order valence-corrected chi connectivity index (χ2v) is 7.59. The molecule has 7 nitrogen and oxygen atoms in total. The zero-order valence-corrected chi connectivity index (χ0v) is 15.1. The summed E-state index contributed by atoms with van der Waals surface area (Å²) >= 11 is 0. The SMILES string of the molecule is CC[C@@H](C)C(=O)Nc1ccc(OC)c(S(=O)(=O)N2CCOCC2)c1. The van der Waals surface area contributed by atoms with Crippen LogP contribution in [0.3, 0.4) is 0 Å². The van der Waals surface area contributed by atoms with Crippen LogP contribution in [0, 0.1) is 5.92 Å². The average Bonchev–Trinajstić information content (AvgIpc) is 2.61. The van der Waals surface area contributed by atoms with Crippen LogP contribution in [0.15, 0.2) is 23.1 Å². The lowest BCUT2D eigenvalue weighted by atomic mass is 10.1. The van der Waals surface area contributed by atoms with Crippen molar-refractivity contribution < 1.29 is 22.7 Å². The van der Waals surface area contributed by atoms with E-state index in [1.807, 2.05) is 13.8 Å². The lowest BCUT2D eigenvalue weighted by Crippen LogP contribution is -2.40. The predicted octanol–water partition coefficient (Wildman–Crippen LogP) is 1.70. The van der Waals surface area contributed by atoms with Gasteiger partial charge in [-0.1, -0.05) is 13.8 Å². The van der Waals surface area contributed by atoms with Crippen LogP contribution in [0.5, 0.6) is 5.75 Å². The molecule has 1 saturated heterocycles. The van der Waals surface area contributed by atoms with Gasteiger partial charge in [-0.15, -0.1) is 0 Å². The summed E-state index contributed by atoms with van der Waals surface area (Å²) in [7, 11) is -2.29. The van der Waals surface area contributed by atoms with E-state index in [1.165, 1.54) is 17.5 Å². The highest BCUT2D eigenvalue weighted by molar-refractivity contribution is 7.89. The third kappa shape index (κ3) is 4.06. The molecule has 0 spiro atoms. The third-order valence-electron chi connectivity index (χ3n) is 4.08. The monoisotopic (exact) mass is 356 g/mol. The van der Waals surface area contributed by atoms with Gasteiger partial charge in [-0.05, 0) is 24.6 Å². The van der Waals surface area contributed by atoms with Gasteiger partial charge in [0.05, 0.1) is 20.3 Å². The van der Waals surface area contributed by atoms with Crippen LogP contribution in [0.1, 0.15) is 20.3 Å². The Bertz CT molecular complexity index is 684. The third-order valence-corrected chi connectivity index (χ3v) is 6.00. The molecular formula is C16H24N2O5S. The van der Waals surface area contributed by atoms with E-state index in [0.717, 1.165) is 0 Å². The molecule has 1 fully saturated rings. The molecule has 1 atom stereocenters. The Morgan fingerprint density at radius 1 is 1.38 bits per heavy atom. The number of anilines is 1. The first-order valence-electron chi connectivity index (χ1n) is 7.97. The van der Waals surface area contributed by atoms with Crippen molar-refractivity contribution in [3.05, 3.63) is 18.2 Å². The van der Waals surface area contributed by atoms with E-state index in [9.17, 15) is 13.2 Å². The molecule has 0 bridgehead atoms. The van der Waals surface area contributed by atoms with Crippen molar-refractivity contribution in [2.24, 2.45) is 5.92 Å². The summed E-state index contributed by atoms with van der Waals surface area (Å²) in [5.74, 6) is -0.0354. The Labute approximate surface area is 143 Å². The summed E-state index contributed by atoms with van der Waals surface area (Å²) < 4.78 is 37.5. The summed E-state index contributed by atoms with van der Waals surface area (Å²) in [4.78, 5) is 12.1. The van der Waals surface area contributed by atoms with Crippen molar-refractivity contribution in [1.29, 1.82) is 0 Å². The van der Waals surface area contributed by atoms with Crippen molar-refractivity contribution in [3.63, 3.8) is 0 Å². The van der Waals surface area contributed by atoms with E-state index in [4.69, 9.17) is 9.47 Å². The maximum absolute atomic E-state index is 12.9. The standard InChI is InChI=1S/C16H24N2O5S/c1-4-12(2)16(19)17-13-5-6-14(22-3)15(11-13)24(20,21)18-7-9-23-10-8-18/h5-6,11-12H,4,7-10H2,1-3H3,(H,17,19)/t12-/m1/s1. The Morgan fingerprint density at radius 2 is 2.04 bits per heavy atom. The highest BCUT2D eigenvalue weighted by atomic mass is 32.2. The zero-order valence-electron chi connectivity index (χ0n) is 14.2. The van der Waals surface area contributed by atoms with E-state index in [2.05, 4.69) is 5.32 Å². The molecular weight excluding hydrogens is 332 g/mol. The van der Waals surface area contributed by atoms with Crippen LogP contribution in [-0.2, 0) is 19.6 Å². The van der Waals surface area contributed by atoms with Crippen LogP contribution < -0.4 is 10.1 Å². The molecule has 1 aliphatic heterocycles. The quantitative estimate of drug-likeness (QED) is 0.839. The Balaban J connectivity index is 2.33. The van der Waals surface area contributed by atoms with E-state index >= 15 is 0 Å². The number of carbonyl (C=O) groups excluding carboxylic acids is 1. The molecule has 2 rings (SSSR count). The second kappa shape index (κ2) is 7.96. The fraction of sp³-hybridized carbons (Fsp3) is 0.562. The first-order chi connectivity index (χ1) is 11.4. The number of sulfonamides is 1. The van der Waals surface area contributed by atoms with Crippen LogP contribution in [0.25, 0.3) is 0 Å². The van der Waals surface area contributed by atoms with Crippen molar-refractivity contribution in [2.75, 3.05) is 38.7 Å². The number of morpholine rings is 1. The maximum atomic E-state index is 12.9. The normalized spacial score (nSPS) is 17.3. The van der Waals surface area contributed by atoms with Crippen molar-refractivity contribution in [1.82, 2.24) is 4.31 Å². The Kier molecular flexibility index (Phi) is 6.20. The van der Waals surface area contributed by atoms with Crippen LogP contribution in [0.4, 0.5) is 5.69 Å². The summed E-state index contributed by atoms with van der Waals surface area (Å²) in [5.41, 5.74) is 0.438. The van der Waals surface area contributed by atoms with Gasteiger partial charge >= 0.3 is 0 Å². The summed E-state index contributed by atoms with van der Waals surface area (Å²) in [5, 5.41) is 2.76. The van der Waals surface area contributed by atoms with Gasteiger partial charge in [-0.25, -0.2) is 8.42 Å². The number of methoxy groups -OCH3 is 1. The number of carbonyl (C=O) groups is 1. The molecule has 134 valence electrons. The summed E-state index contributed by atoms with van der Waals surface area (Å²) in [6.45, 7) is 5.08. The van der Waals surface area contributed by atoms with Gasteiger partial charge < -0.3 is 14.8 Å². The number of nitrogens with zero attached hydrogens (tertiary/aromatic N) is 1. The lowest BCUT2D eigenvalue weighted by molar-refractivity contribution is -0.119. The molecule has 0 radical (unpaired) electrons. The highest BCUT2D eigenvalue weighted by Crippen LogP contribution is 2.30. The van der Waals surface area contributed by atoms with Crippen molar-refractivity contribution in [2.45, 2.75) is 25.2 Å². The van der Waals surface area contributed by atoms with E-state index < -0.39 is 10.0 Å². The molecule has 1 amide bonds. The van der Waals surface area contributed by atoms with E-state index in [0.29, 0.717) is 38.4 Å². The first kappa shape index (κ1) is 18.7. The smallest absolute Gasteiger partial charge is 0.246 e.